The summed E-state index contributed by atoms with van der Waals surface area (Å²) in [6.45, 7) is 7.40. The fraction of sp³-hybridized carbons (Fsp3) is 0.579. The van der Waals surface area contributed by atoms with Gasteiger partial charge in [0.15, 0.2) is 6.10 Å². The van der Waals surface area contributed by atoms with Gasteiger partial charge in [0.25, 0.3) is 11.6 Å². The topological polar surface area (TPSA) is 98.5 Å². The molecule has 1 fully saturated rings. The Kier molecular flexibility index (Phi) is 6.34. The number of hydrogen-bond acceptors (Lipinski definition) is 5. The summed E-state index contributed by atoms with van der Waals surface area (Å²) in [6.07, 6.45) is 2.18. The molecule has 142 valence electrons. The Morgan fingerprint density at radius 1 is 1.31 bits per heavy atom. The van der Waals surface area contributed by atoms with Gasteiger partial charge in [0.1, 0.15) is 0 Å². The quantitative estimate of drug-likeness (QED) is 0.492. The molecule has 2 rings (SSSR count). The molecule has 0 radical (unpaired) electrons. The number of carbonyl (C=O) groups is 2. The van der Waals surface area contributed by atoms with Crippen molar-refractivity contribution < 1.29 is 19.2 Å². The first-order valence-electron chi connectivity index (χ1n) is 8.97. The summed E-state index contributed by atoms with van der Waals surface area (Å²) in [4.78, 5) is 35.0. The number of aryl methyl sites for hydroxylation is 1. The van der Waals surface area contributed by atoms with Crippen LogP contribution in [-0.2, 0) is 9.53 Å². The molecule has 1 aliphatic carbocycles. The van der Waals surface area contributed by atoms with Crippen LogP contribution < -0.4 is 5.32 Å². The second-order valence-corrected chi connectivity index (χ2v) is 7.19. The number of nitrogens with zero attached hydrogens (tertiary/aromatic N) is 1. The predicted molar refractivity (Wildman–Crippen MR) is 96.8 cm³/mol. The van der Waals surface area contributed by atoms with Gasteiger partial charge >= 0.3 is 5.97 Å². The van der Waals surface area contributed by atoms with Crippen molar-refractivity contribution in [3.8, 4) is 0 Å². The van der Waals surface area contributed by atoms with Crippen LogP contribution in [0.2, 0.25) is 0 Å². The van der Waals surface area contributed by atoms with Gasteiger partial charge in [-0.05, 0) is 38.2 Å². The lowest BCUT2D eigenvalue weighted by molar-refractivity contribution is -0.385. The fourth-order valence-corrected chi connectivity index (χ4v) is 3.30. The molecule has 0 saturated heterocycles. The molecule has 7 nitrogen and oxygen atoms in total. The molecular weight excluding hydrogens is 336 g/mol. The molecule has 0 bridgehead atoms. The molecule has 0 spiro atoms. The lowest BCUT2D eigenvalue weighted by Crippen LogP contribution is -2.47. The molecule has 1 aromatic rings. The van der Waals surface area contributed by atoms with Crippen molar-refractivity contribution in [3.63, 3.8) is 0 Å². The third-order valence-corrected chi connectivity index (χ3v) is 5.33. The van der Waals surface area contributed by atoms with E-state index in [1.165, 1.54) is 25.1 Å². The summed E-state index contributed by atoms with van der Waals surface area (Å²) in [5, 5.41) is 14.0. The smallest absolute Gasteiger partial charge is 0.339 e. The number of nitrogens with one attached hydrogen (secondary N) is 1. The molecule has 7 heteroatoms. The van der Waals surface area contributed by atoms with Crippen molar-refractivity contribution in [3.05, 3.63) is 39.4 Å². The zero-order chi connectivity index (χ0) is 19.4. The average molecular weight is 362 g/mol. The lowest BCUT2D eigenvalue weighted by Gasteiger charge is -2.35. The van der Waals surface area contributed by atoms with E-state index in [9.17, 15) is 19.7 Å². The third-order valence-electron chi connectivity index (χ3n) is 5.33. The van der Waals surface area contributed by atoms with Crippen LogP contribution in [0.4, 0.5) is 5.69 Å². The van der Waals surface area contributed by atoms with Crippen molar-refractivity contribution in [1.82, 2.24) is 5.32 Å². The van der Waals surface area contributed by atoms with Crippen LogP contribution in [0.1, 0.15) is 56.0 Å². The first-order valence-corrected chi connectivity index (χ1v) is 8.97. The van der Waals surface area contributed by atoms with Gasteiger partial charge < -0.3 is 10.1 Å². The zero-order valence-corrected chi connectivity index (χ0v) is 15.7. The average Bonchev–Trinajstić information content (AvgIpc) is 2.58. The maximum Gasteiger partial charge on any atom is 0.339 e. The Hall–Kier alpha value is -2.44. The standard InChI is InChI=1S/C19H26N2O5/c1-11-6-5-7-16(13(11)3)20-18(22)14(4)26-19(23)15-9-8-12(2)17(10-15)21(24)25/h8-11,13-14,16H,5-7H2,1-4H3,(H,20,22)/t11-,13-,14-,16+/m0/s1. The van der Waals surface area contributed by atoms with E-state index in [1.54, 1.807) is 6.92 Å². The van der Waals surface area contributed by atoms with E-state index in [-0.39, 0.29) is 23.2 Å². The Labute approximate surface area is 153 Å². The number of amides is 1. The van der Waals surface area contributed by atoms with Crippen molar-refractivity contribution >= 4 is 17.6 Å². The van der Waals surface area contributed by atoms with Crippen LogP contribution in [0.15, 0.2) is 18.2 Å². The number of nitro groups is 1. The van der Waals surface area contributed by atoms with E-state index in [0.717, 1.165) is 19.3 Å². The van der Waals surface area contributed by atoms with Crippen molar-refractivity contribution in [2.75, 3.05) is 0 Å². The maximum absolute atomic E-state index is 12.4. The highest BCUT2D eigenvalue weighted by Crippen LogP contribution is 2.29. The number of nitro benzene ring substituents is 1. The fourth-order valence-electron chi connectivity index (χ4n) is 3.30. The van der Waals surface area contributed by atoms with Crippen LogP contribution in [0.25, 0.3) is 0 Å². The molecule has 0 aliphatic heterocycles. The van der Waals surface area contributed by atoms with Gasteiger partial charge in [0.05, 0.1) is 10.5 Å². The van der Waals surface area contributed by atoms with Gasteiger partial charge in [-0.25, -0.2) is 4.79 Å². The van der Waals surface area contributed by atoms with Crippen LogP contribution in [0.3, 0.4) is 0 Å². The SMILES string of the molecule is Cc1ccc(C(=O)O[C@@H](C)C(=O)N[C@@H]2CCC[C@H](C)[C@@H]2C)cc1[N+](=O)[O-]. The number of rotatable bonds is 5. The summed E-state index contributed by atoms with van der Waals surface area (Å²) < 4.78 is 5.20. The first-order chi connectivity index (χ1) is 12.2. The minimum absolute atomic E-state index is 0.0570. The minimum atomic E-state index is -0.965. The molecule has 1 aliphatic rings. The molecule has 26 heavy (non-hydrogen) atoms. The normalized spacial score (nSPS) is 23.8. The third kappa shape index (κ3) is 4.59. The van der Waals surface area contributed by atoms with E-state index in [0.29, 0.717) is 17.4 Å². The monoisotopic (exact) mass is 362 g/mol. The molecule has 0 unspecified atom stereocenters. The predicted octanol–water partition coefficient (Wildman–Crippen LogP) is 3.39. The van der Waals surface area contributed by atoms with E-state index >= 15 is 0 Å². The molecule has 1 saturated carbocycles. The van der Waals surface area contributed by atoms with E-state index in [1.807, 2.05) is 0 Å². The molecule has 4 atom stereocenters. The maximum atomic E-state index is 12.4. The number of ether oxygens (including phenoxy) is 1. The summed E-state index contributed by atoms with van der Waals surface area (Å²) >= 11 is 0. The Balaban J connectivity index is 1.99. The Bertz CT molecular complexity index is 703. The largest absolute Gasteiger partial charge is 0.449 e. The highest BCUT2D eigenvalue weighted by molar-refractivity contribution is 5.93. The minimum Gasteiger partial charge on any atom is -0.449 e. The van der Waals surface area contributed by atoms with Crippen molar-refractivity contribution in [2.45, 2.75) is 59.1 Å². The molecule has 1 aromatic carbocycles. The van der Waals surface area contributed by atoms with Gasteiger partial charge in [0.2, 0.25) is 0 Å². The van der Waals surface area contributed by atoms with Gasteiger partial charge in [-0.3, -0.25) is 14.9 Å². The zero-order valence-electron chi connectivity index (χ0n) is 15.7. The number of hydrogen-bond donors (Lipinski definition) is 1. The highest BCUT2D eigenvalue weighted by atomic mass is 16.6. The van der Waals surface area contributed by atoms with Crippen LogP contribution in [0, 0.1) is 28.9 Å². The number of esters is 1. The van der Waals surface area contributed by atoms with Gasteiger partial charge in [-0.2, -0.15) is 0 Å². The summed E-state index contributed by atoms with van der Waals surface area (Å²) in [6, 6.07) is 4.20. The first kappa shape index (κ1) is 19.9. The highest BCUT2D eigenvalue weighted by Gasteiger charge is 2.30. The van der Waals surface area contributed by atoms with E-state index in [2.05, 4.69) is 19.2 Å². The molecule has 1 amide bonds. The Morgan fingerprint density at radius 3 is 2.65 bits per heavy atom. The van der Waals surface area contributed by atoms with Gasteiger partial charge in [0, 0.05) is 17.7 Å². The van der Waals surface area contributed by atoms with Crippen molar-refractivity contribution in [2.24, 2.45) is 11.8 Å². The van der Waals surface area contributed by atoms with E-state index in [4.69, 9.17) is 4.74 Å². The second kappa shape index (κ2) is 8.29. The number of carbonyl (C=O) groups excluding carboxylic acids is 2. The number of benzene rings is 1. The molecular formula is C19H26N2O5. The lowest BCUT2D eigenvalue weighted by atomic mass is 9.78. The van der Waals surface area contributed by atoms with Crippen LogP contribution >= 0.6 is 0 Å². The molecule has 0 heterocycles. The van der Waals surface area contributed by atoms with Gasteiger partial charge in [-0.15, -0.1) is 0 Å². The molecule has 1 N–H and O–H groups in total. The van der Waals surface area contributed by atoms with Crippen LogP contribution in [0.5, 0.6) is 0 Å². The summed E-state index contributed by atoms with van der Waals surface area (Å²) in [5.41, 5.74) is 0.362. The van der Waals surface area contributed by atoms with E-state index < -0.39 is 17.0 Å². The van der Waals surface area contributed by atoms with Crippen LogP contribution in [-0.4, -0.2) is 28.9 Å². The summed E-state index contributed by atoms with van der Waals surface area (Å²) in [5.74, 6) is -0.179. The summed E-state index contributed by atoms with van der Waals surface area (Å²) in [7, 11) is 0. The molecule has 0 aromatic heterocycles. The van der Waals surface area contributed by atoms with Crippen molar-refractivity contribution in [1.29, 1.82) is 0 Å². The second-order valence-electron chi connectivity index (χ2n) is 7.19. The van der Waals surface area contributed by atoms with Gasteiger partial charge in [-0.1, -0.05) is 32.8 Å². The Morgan fingerprint density at radius 2 is 2.00 bits per heavy atom.